The summed E-state index contributed by atoms with van der Waals surface area (Å²) in [6.45, 7) is 27.9. The van der Waals surface area contributed by atoms with Gasteiger partial charge in [-0.05, 0) is 73.4 Å². The molecule has 31 heavy (non-hydrogen) atoms. The van der Waals surface area contributed by atoms with Gasteiger partial charge >= 0.3 is 0 Å². The summed E-state index contributed by atoms with van der Waals surface area (Å²) in [4.78, 5) is 10.5. The van der Waals surface area contributed by atoms with Gasteiger partial charge in [-0.25, -0.2) is 0 Å². The molecule has 3 heterocycles. The lowest BCUT2D eigenvalue weighted by Crippen LogP contribution is -2.54. The molecule has 6 heteroatoms. The highest BCUT2D eigenvalue weighted by Crippen LogP contribution is 2.24. The fourth-order valence-electron chi connectivity index (χ4n) is 5.17. The van der Waals surface area contributed by atoms with Crippen molar-refractivity contribution in [2.24, 2.45) is 5.92 Å². The summed E-state index contributed by atoms with van der Waals surface area (Å²) < 4.78 is 12.0. The highest BCUT2D eigenvalue weighted by atomic mass is 16.5. The molecule has 3 aliphatic rings. The minimum absolute atomic E-state index is 0.0467. The summed E-state index contributed by atoms with van der Waals surface area (Å²) in [5.74, 6) is 0.885. The van der Waals surface area contributed by atoms with E-state index >= 15 is 0 Å². The van der Waals surface area contributed by atoms with Crippen LogP contribution in [0.15, 0.2) is 0 Å². The minimum Gasteiger partial charge on any atom is -0.375 e. The second-order valence-corrected chi connectivity index (χ2v) is 12.0. The Morgan fingerprint density at radius 1 is 0.774 bits per heavy atom. The molecule has 0 aromatic heterocycles. The maximum Gasteiger partial charge on any atom is 0.0829 e. The Balaban J connectivity index is 1.30. The van der Waals surface area contributed by atoms with Crippen LogP contribution in [0.4, 0.5) is 0 Å². The summed E-state index contributed by atoms with van der Waals surface area (Å²) in [7, 11) is 0. The maximum atomic E-state index is 6.10. The van der Waals surface area contributed by atoms with Crippen molar-refractivity contribution in [1.82, 2.24) is 19.6 Å². The Kier molecular flexibility index (Phi) is 9.22. The van der Waals surface area contributed by atoms with Crippen LogP contribution in [0.1, 0.15) is 54.4 Å². The number of piperidine rings is 1. The standard InChI is InChI=1S/C25H50N4O2/c1-24(2,3)29-9-7-22(8-10-29)19-26-11-13-27(14-12-26)20-23-21-28(15-17-30-23)16-18-31-25(4,5)6/h22-23H,7-21H2,1-6H3. The van der Waals surface area contributed by atoms with Gasteiger partial charge in [-0.3, -0.25) is 14.7 Å². The Hall–Kier alpha value is -0.240. The molecule has 1 unspecified atom stereocenters. The van der Waals surface area contributed by atoms with E-state index in [4.69, 9.17) is 9.47 Å². The maximum absolute atomic E-state index is 6.10. The molecule has 3 fully saturated rings. The third-order valence-corrected chi connectivity index (χ3v) is 7.17. The third kappa shape index (κ3) is 8.90. The first-order valence-corrected chi connectivity index (χ1v) is 12.8. The monoisotopic (exact) mass is 438 g/mol. The van der Waals surface area contributed by atoms with Crippen molar-refractivity contribution in [3.8, 4) is 0 Å². The van der Waals surface area contributed by atoms with Crippen molar-refractivity contribution >= 4 is 0 Å². The molecule has 0 bridgehead atoms. The summed E-state index contributed by atoms with van der Waals surface area (Å²) in [6.07, 6.45) is 3.07. The normalized spacial score (nSPS) is 27.1. The molecule has 182 valence electrons. The number of nitrogens with zero attached hydrogens (tertiary/aromatic N) is 4. The Bertz CT molecular complexity index is 515. The Morgan fingerprint density at radius 2 is 1.39 bits per heavy atom. The number of rotatable bonds is 7. The lowest BCUT2D eigenvalue weighted by Gasteiger charge is -2.43. The molecule has 0 radical (unpaired) electrons. The van der Waals surface area contributed by atoms with Gasteiger partial charge in [-0.1, -0.05) is 0 Å². The molecule has 0 amide bonds. The van der Waals surface area contributed by atoms with Crippen molar-refractivity contribution in [3.05, 3.63) is 0 Å². The number of ether oxygens (including phenoxy) is 2. The van der Waals surface area contributed by atoms with Crippen LogP contribution < -0.4 is 0 Å². The first-order chi connectivity index (χ1) is 14.6. The number of hydrogen-bond donors (Lipinski definition) is 0. The van der Waals surface area contributed by atoms with E-state index in [2.05, 4.69) is 61.1 Å². The molecule has 0 aromatic carbocycles. The van der Waals surface area contributed by atoms with E-state index < -0.39 is 0 Å². The van der Waals surface area contributed by atoms with Gasteiger partial charge in [0.25, 0.3) is 0 Å². The van der Waals surface area contributed by atoms with E-state index in [1.54, 1.807) is 0 Å². The highest BCUT2D eigenvalue weighted by molar-refractivity contribution is 4.84. The zero-order chi connectivity index (χ0) is 22.5. The lowest BCUT2D eigenvalue weighted by molar-refractivity contribution is -0.0653. The van der Waals surface area contributed by atoms with Crippen molar-refractivity contribution in [3.63, 3.8) is 0 Å². The molecular weight excluding hydrogens is 388 g/mol. The van der Waals surface area contributed by atoms with Gasteiger partial charge in [-0.15, -0.1) is 0 Å². The van der Waals surface area contributed by atoms with E-state index in [0.717, 1.165) is 45.3 Å². The summed E-state index contributed by atoms with van der Waals surface area (Å²) in [5, 5.41) is 0. The van der Waals surface area contributed by atoms with E-state index in [1.807, 2.05) is 0 Å². The number of morpholine rings is 1. The summed E-state index contributed by atoms with van der Waals surface area (Å²) >= 11 is 0. The van der Waals surface area contributed by atoms with Crippen LogP contribution in [0.3, 0.4) is 0 Å². The zero-order valence-electron chi connectivity index (χ0n) is 21.4. The van der Waals surface area contributed by atoms with Crippen LogP contribution >= 0.6 is 0 Å². The summed E-state index contributed by atoms with van der Waals surface area (Å²) in [5.41, 5.74) is 0.280. The quantitative estimate of drug-likeness (QED) is 0.607. The van der Waals surface area contributed by atoms with Crippen LogP contribution in [0.5, 0.6) is 0 Å². The van der Waals surface area contributed by atoms with Gasteiger partial charge in [0.15, 0.2) is 0 Å². The second-order valence-electron chi connectivity index (χ2n) is 12.0. The molecule has 6 nitrogen and oxygen atoms in total. The number of piperazine rings is 1. The van der Waals surface area contributed by atoms with Crippen molar-refractivity contribution in [2.75, 3.05) is 85.2 Å². The third-order valence-electron chi connectivity index (χ3n) is 7.17. The predicted octanol–water partition coefficient (Wildman–Crippen LogP) is 2.63. The highest BCUT2D eigenvalue weighted by Gasteiger charge is 2.29. The fraction of sp³-hybridized carbons (Fsp3) is 1.00. The predicted molar refractivity (Wildman–Crippen MR) is 129 cm³/mol. The fourth-order valence-corrected chi connectivity index (χ4v) is 5.17. The average molecular weight is 439 g/mol. The van der Waals surface area contributed by atoms with Crippen LogP contribution in [-0.2, 0) is 9.47 Å². The summed E-state index contributed by atoms with van der Waals surface area (Å²) in [6, 6.07) is 0. The van der Waals surface area contributed by atoms with Gasteiger partial charge < -0.3 is 14.4 Å². The lowest BCUT2D eigenvalue weighted by atomic mass is 9.92. The largest absolute Gasteiger partial charge is 0.375 e. The molecule has 3 saturated heterocycles. The van der Waals surface area contributed by atoms with Gasteiger partial charge in [0.2, 0.25) is 0 Å². The molecule has 0 aromatic rings. The minimum atomic E-state index is -0.0467. The molecule has 0 saturated carbocycles. The number of hydrogen-bond acceptors (Lipinski definition) is 6. The van der Waals surface area contributed by atoms with Crippen molar-refractivity contribution < 1.29 is 9.47 Å². The Morgan fingerprint density at radius 3 is 1.97 bits per heavy atom. The van der Waals surface area contributed by atoms with Gasteiger partial charge in [0.1, 0.15) is 0 Å². The van der Waals surface area contributed by atoms with E-state index in [1.165, 1.54) is 58.7 Å². The van der Waals surface area contributed by atoms with Crippen LogP contribution in [0.25, 0.3) is 0 Å². The van der Waals surface area contributed by atoms with E-state index in [-0.39, 0.29) is 5.60 Å². The van der Waals surface area contributed by atoms with Gasteiger partial charge in [0, 0.05) is 64.4 Å². The smallest absolute Gasteiger partial charge is 0.0829 e. The van der Waals surface area contributed by atoms with Crippen LogP contribution in [-0.4, -0.2) is 122 Å². The molecule has 3 aliphatic heterocycles. The molecule has 0 spiro atoms. The Labute approximate surface area is 192 Å². The SMILES string of the molecule is CC(C)(C)OCCN1CCOC(CN2CCN(CC3CCN(C(C)(C)C)CC3)CC2)C1. The van der Waals surface area contributed by atoms with Crippen LogP contribution in [0.2, 0.25) is 0 Å². The van der Waals surface area contributed by atoms with Crippen molar-refractivity contribution in [1.29, 1.82) is 0 Å². The zero-order valence-corrected chi connectivity index (χ0v) is 21.4. The van der Waals surface area contributed by atoms with Gasteiger partial charge in [-0.2, -0.15) is 0 Å². The topological polar surface area (TPSA) is 31.4 Å². The molecule has 3 rings (SSSR count). The average Bonchev–Trinajstić information content (AvgIpc) is 2.69. The first kappa shape index (κ1) is 25.4. The van der Waals surface area contributed by atoms with Crippen LogP contribution in [0, 0.1) is 5.92 Å². The van der Waals surface area contributed by atoms with E-state index in [9.17, 15) is 0 Å². The molecular formula is C25H50N4O2. The van der Waals surface area contributed by atoms with Gasteiger partial charge in [0.05, 0.1) is 24.9 Å². The molecule has 1 atom stereocenters. The first-order valence-electron chi connectivity index (χ1n) is 12.8. The van der Waals surface area contributed by atoms with Crippen molar-refractivity contribution in [2.45, 2.75) is 71.6 Å². The number of likely N-dealkylation sites (tertiary alicyclic amines) is 1. The second kappa shape index (κ2) is 11.3. The van der Waals surface area contributed by atoms with E-state index in [0.29, 0.717) is 11.6 Å². The molecule has 0 N–H and O–H groups in total. The molecule has 0 aliphatic carbocycles.